The number of benzene rings is 1. The van der Waals surface area contributed by atoms with Gasteiger partial charge in [-0.25, -0.2) is 9.37 Å². The first-order valence-corrected chi connectivity index (χ1v) is 10.5. The van der Waals surface area contributed by atoms with Gasteiger partial charge in [0.1, 0.15) is 5.82 Å². The van der Waals surface area contributed by atoms with E-state index in [2.05, 4.69) is 17.3 Å². The maximum absolute atomic E-state index is 14.7. The highest BCUT2D eigenvalue weighted by Crippen LogP contribution is 2.46. The van der Waals surface area contributed by atoms with Gasteiger partial charge in [0.05, 0.1) is 10.7 Å². The fourth-order valence-electron chi connectivity index (χ4n) is 4.62. The maximum Gasteiger partial charge on any atom is 0.127 e. The van der Waals surface area contributed by atoms with Crippen LogP contribution >= 0.6 is 11.3 Å². The molecule has 0 atom stereocenters. The SMILES string of the molecule is CN1CCC(c2nc(C3(c4ccccc4F)CCCCC3)cs2)CC1. The van der Waals surface area contributed by atoms with Crippen LogP contribution in [0.2, 0.25) is 0 Å². The normalized spacial score (nSPS) is 22.2. The maximum atomic E-state index is 14.7. The predicted octanol–water partition coefficient (Wildman–Crippen LogP) is 5.34. The van der Waals surface area contributed by atoms with E-state index in [0.717, 1.165) is 50.0 Å². The lowest BCUT2D eigenvalue weighted by atomic mass is 9.67. The van der Waals surface area contributed by atoms with Crippen molar-refractivity contribution in [2.24, 2.45) is 0 Å². The molecule has 2 nitrogen and oxygen atoms in total. The van der Waals surface area contributed by atoms with Crippen LogP contribution in [0.1, 0.15) is 67.1 Å². The molecule has 2 heterocycles. The number of thiazole rings is 1. The zero-order chi connectivity index (χ0) is 17.3. The minimum absolute atomic E-state index is 0.0711. The summed E-state index contributed by atoms with van der Waals surface area (Å²) in [5, 5.41) is 3.50. The van der Waals surface area contributed by atoms with Crippen molar-refractivity contribution in [3.63, 3.8) is 0 Å². The van der Waals surface area contributed by atoms with E-state index in [1.54, 1.807) is 23.5 Å². The van der Waals surface area contributed by atoms with Gasteiger partial charge in [-0.15, -0.1) is 11.3 Å². The van der Waals surface area contributed by atoms with E-state index >= 15 is 0 Å². The molecule has 0 bridgehead atoms. The van der Waals surface area contributed by atoms with Gasteiger partial charge in [0.15, 0.2) is 0 Å². The van der Waals surface area contributed by atoms with Gasteiger partial charge in [-0.05, 0) is 57.5 Å². The van der Waals surface area contributed by atoms with Crippen LogP contribution in [-0.4, -0.2) is 30.0 Å². The summed E-state index contributed by atoms with van der Waals surface area (Å²) < 4.78 is 14.7. The first-order valence-electron chi connectivity index (χ1n) is 9.58. The van der Waals surface area contributed by atoms with Crippen molar-refractivity contribution >= 4 is 11.3 Å². The number of piperidine rings is 1. The number of hydrogen-bond donors (Lipinski definition) is 0. The number of nitrogens with zero attached hydrogens (tertiary/aromatic N) is 2. The molecule has 1 saturated heterocycles. The monoisotopic (exact) mass is 358 g/mol. The van der Waals surface area contributed by atoms with E-state index in [1.807, 2.05) is 12.1 Å². The highest BCUT2D eigenvalue weighted by molar-refractivity contribution is 7.09. The molecule has 25 heavy (non-hydrogen) atoms. The zero-order valence-electron chi connectivity index (χ0n) is 15.0. The second-order valence-electron chi connectivity index (χ2n) is 7.77. The summed E-state index contributed by atoms with van der Waals surface area (Å²) in [6.07, 6.45) is 7.99. The molecule has 1 aliphatic heterocycles. The molecule has 0 unspecified atom stereocenters. The van der Waals surface area contributed by atoms with E-state index < -0.39 is 0 Å². The molecule has 0 N–H and O–H groups in total. The van der Waals surface area contributed by atoms with Crippen LogP contribution in [0.15, 0.2) is 29.6 Å². The topological polar surface area (TPSA) is 16.1 Å². The van der Waals surface area contributed by atoms with E-state index in [0.29, 0.717) is 5.92 Å². The first kappa shape index (κ1) is 17.2. The number of likely N-dealkylation sites (tertiary alicyclic amines) is 1. The van der Waals surface area contributed by atoms with Crippen LogP contribution in [0.5, 0.6) is 0 Å². The third-order valence-corrected chi connectivity index (χ3v) is 7.18. The predicted molar refractivity (Wildman–Crippen MR) is 102 cm³/mol. The van der Waals surface area contributed by atoms with E-state index in [9.17, 15) is 4.39 Å². The fourth-order valence-corrected chi connectivity index (χ4v) is 5.71. The molecule has 4 rings (SSSR count). The molecule has 2 aromatic rings. The van der Waals surface area contributed by atoms with Crippen LogP contribution < -0.4 is 0 Å². The number of aromatic nitrogens is 1. The van der Waals surface area contributed by atoms with Gasteiger partial charge in [0, 0.05) is 16.7 Å². The van der Waals surface area contributed by atoms with Crippen molar-refractivity contribution in [2.75, 3.05) is 20.1 Å². The summed E-state index contributed by atoms with van der Waals surface area (Å²) in [6.45, 7) is 2.30. The highest BCUT2D eigenvalue weighted by atomic mass is 32.1. The van der Waals surface area contributed by atoms with Gasteiger partial charge >= 0.3 is 0 Å². The van der Waals surface area contributed by atoms with Gasteiger partial charge in [0.25, 0.3) is 0 Å². The first-order chi connectivity index (χ1) is 12.2. The van der Waals surface area contributed by atoms with Gasteiger partial charge < -0.3 is 4.90 Å². The second-order valence-corrected chi connectivity index (χ2v) is 8.66. The molecule has 1 aromatic heterocycles. The Labute approximate surface area is 154 Å². The van der Waals surface area contributed by atoms with Crippen molar-refractivity contribution < 1.29 is 4.39 Å². The third-order valence-electron chi connectivity index (χ3n) is 6.18. The molecule has 4 heteroatoms. The van der Waals surface area contributed by atoms with Gasteiger partial charge in [-0.1, -0.05) is 37.5 Å². The molecule has 1 aromatic carbocycles. The quantitative estimate of drug-likeness (QED) is 0.736. The van der Waals surface area contributed by atoms with E-state index in [4.69, 9.17) is 4.98 Å². The van der Waals surface area contributed by atoms with Crippen molar-refractivity contribution in [1.29, 1.82) is 0 Å². The third kappa shape index (κ3) is 3.26. The molecule has 0 radical (unpaired) electrons. The minimum atomic E-state index is -0.218. The molecule has 0 amide bonds. The average Bonchev–Trinajstić information content (AvgIpc) is 3.14. The Bertz CT molecular complexity index is 712. The highest BCUT2D eigenvalue weighted by Gasteiger charge is 2.40. The van der Waals surface area contributed by atoms with Gasteiger partial charge in [-0.3, -0.25) is 0 Å². The van der Waals surface area contributed by atoms with Crippen molar-refractivity contribution in [3.8, 4) is 0 Å². The Morgan fingerprint density at radius 2 is 1.84 bits per heavy atom. The van der Waals surface area contributed by atoms with Crippen LogP contribution in [0, 0.1) is 5.82 Å². The molecule has 2 fully saturated rings. The summed E-state index contributed by atoms with van der Waals surface area (Å²) in [5.74, 6) is 0.509. The summed E-state index contributed by atoms with van der Waals surface area (Å²) >= 11 is 1.80. The van der Waals surface area contributed by atoms with E-state index in [1.165, 1.54) is 24.3 Å². The molecule has 1 saturated carbocycles. The molecule has 1 aliphatic carbocycles. The Morgan fingerprint density at radius 1 is 1.12 bits per heavy atom. The number of rotatable bonds is 3. The minimum Gasteiger partial charge on any atom is -0.306 e. The van der Waals surface area contributed by atoms with Crippen molar-refractivity contribution in [2.45, 2.75) is 56.3 Å². The standard InChI is InChI=1S/C21H27FN2S/c1-24-13-9-16(10-14-24)20-23-19(15-25-20)21(11-5-2-6-12-21)17-7-3-4-8-18(17)22/h3-4,7-8,15-16H,2,5-6,9-14H2,1H3. The zero-order valence-corrected chi connectivity index (χ0v) is 15.8. The van der Waals surface area contributed by atoms with Crippen LogP contribution in [0.4, 0.5) is 4.39 Å². The Balaban J connectivity index is 1.68. The van der Waals surface area contributed by atoms with E-state index in [-0.39, 0.29) is 11.2 Å². The lowest BCUT2D eigenvalue weighted by Gasteiger charge is -2.37. The smallest absolute Gasteiger partial charge is 0.127 e. The largest absolute Gasteiger partial charge is 0.306 e. The Morgan fingerprint density at radius 3 is 2.56 bits per heavy atom. The van der Waals surface area contributed by atoms with Gasteiger partial charge in [0.2, 0.25) is 0 Å². The summed E-state index contributed by atoms with van der Waals surface area (Å²) in [7, 11) is 2.19. The fraction of sp³-hybridized carbons (Fsp3) is 0.571. The van der Waals surface area contributed by atoms with Crippen LogP contribution in [-0.2, 0) is 5.41 Å². The molecular weight excluding hydrogens is 331 g/mol. The molecular formula is C21H27FN2S. The Hall–Kier alpha value is -1.26. The molecule has 2 aliphatic rings. The molecule has 134 valence electrons. The molecule has 0 spiro atoms. The average molecular weight is 359 g/mol. The second kappa shape index (κ2) is 7.16. The van der Waals surface area contributed by atoms with Crippen LogP contribution in [0.3, 0.4) is 0 Å². The Kier molecular flexibility index (Phi) is 4.92. The summed E-state index contributed by atoms with van der Waals surface area (Å²) in [4.78, 5) is 7.50. The summed E-state index contributed by atoms with van der Waals surface area (Å²) in [6, 6.07) is 7.35. The van der Waals surface area contributed by atoms with Crippen molar-refractivity contribution in [1.82, 2.24) is 9.88 Å². The van der Waals surface area contributed by atoms with Crippen LogP contribution in [0.25, 0.3) is 0 Å². The number of hydrogen-bond acceptors (Lipinski definition) is 3. The number of halogens is 1. The van der Waals surface area contributed by atoms with Gasteiger partial charge in [-0.2, -0.15) is 0 Å². The lowest BCUT2D eigenvalue weighted by molar-refractivity contribution is 0.254. The summed E-state index contributed by atoms with van der Waals surface area (Å²) in [5.41, 5.74) is 1.76. The lowest BCUT2D eigenvalue weighted by Crippen LogP contribution is -2.32. The van der Waals surface area contributed by atoms with Crippen molar-refractivity contribution in [3.05, 3.63) is 51.7 Å².